The second-order valence-corrected chi connectivity index (χ2v) is 12.0. The van der Waals surface area contributed by atoms with Crippen molar-refractivity contribution in [3.63, 3.8) is 0 Å². The number of aliphatic hydroxyl groups is 8. The van der Waals surface area contributed by atoms with Gasteiger partial charge in [0.1, 0.15) is 54.9 Å². The highest BCUT2D eigenvalue weighted by molar-refractivity contribution is 5.73. The lowest BCUT2D eigenvalue weighted by Crippen LogP contribution is -2.58. The van der Waals surface area contributed by atoms with Crippen molar-refractivity contribution < 1.29 is 55.1 Å². The molecule has 0 spiro atoms. The van der Waals surface area contributed by atoms with E-state index in [1.165, 1.54) is 0 Å². The topological polar surface area (TPSA) is 190 Å². The molecular formula is C35H42O11. The molecule has 3 aliphatic heterocycles. The van der Waals surface area contributed by atoms with E-state index in [9.17, 15) is 40.9 Å². The second-order valence-electron chi connectivity index (χ2n) is 12.0. The maximum absolute atomic E-state index is 10.4. The highest BCUT2D eigenvalue weighted by Gasteiger charge is 2.43. The predicted molar refractivity (Wildman–Crippen MR) is 165 cm³/mol. The van der Waals surface area contributed by atoms with Crippen molar-refractivity contribution in [3.8, 4) is 34.8 Å². The molecule has 2 aromatic carbocycles. The molecule has 5 rings (SSSR count). The fourth-order valence-corrected chi connectivity index (χ4v) is 6.04. The van der Waals surface area contributed by atoms with Gasteiger partial charge in [-0.1, -0.05) is 42.2 Å². The van der Waals surface area contributed by atoms with Gasteiger partial charge in [0, 0.05) is 24.3 Å². The van der Waals surface area contributed by atoms with E-state index in [-0.39, 0.29) is 13.0 Å². The first-order valence-electron chi connectivity index (χ1n) is 15.7. The fourth-order valence-electron chi connectivity index (χ4n) is 6.04. The molecule has 11 heteroatoms. The van der Waals surface area contributed by atoms with E-state index in [2.05, 4.69) is 23.7 Å². The van der Waals surface area contributed by atoms with Crippen LogP contribution in [0.3, 0.4) is 0 Å². The summed E-state index contributed by atoms with van der Waals surface area (Å²) >= 11 is 0. The minimum atomic E-state index is -1.50. The molecule has 0 amide bonds. The molecule has 0 radical (unpaired) electrons. The molecule has 2 aromatic rings. The summed E-state index contributed by atoms with van der Waals surface area (Å²) in [5.41, 5.74) is 5.29. The van der Waals surface area contributed by atoms with Gasteiger partial charge >= 0.3 is 0 Å². The van der Waals surface area contributed by atoms with Crippen LogP contribution in [-0.4, -0.2) is 122 Å². The Morgan fingerprint density at radius 3 is 1.80 bits per heavy atom. The number of ether oxygens (including phenoxy) is 3. The largest absolute Gasteiger partial charge is 0.396 e. The molecule has 2 fully saturated rings. The lowest BCUT2D eigenvalue weighted by molar-refractivity contribution is -0.214. The van der Waals surface area contributed by atoms with Crippen LogP contribution in [0.25, 0.3) is 11.1 Å². The molecule has 8 N–H and O–H groups in total. The van der Waals surface area contributed by atoms with Gasteiger partial charge in [0.25, 0.3) is 0 Å². The van der Waals surface area contributed by atoms with E-state index < -0.39 is 67.6 Å². The molecule has 0 bridgehead atoms. The average Bonchev–Trinajstić information content (AvgIpc) is 3.10. The van der Waals surface area contributed by atoms with Gasteiger partial charge < -0.3 is 55.1 Å². The Bertz CT molecular complexity index is 1450. The van der Waals surface area contributed by atoms with Crippen molar-refractivity contribution in [2.24, 2.45) is 0 Å². The van der Waals surface area contributed by atoms with Crippen LogP contribution in [0.2, 0.25) is 0 Å². The molecule has 11 nitrogen and oxygen atoms in total. The Hall–Kier alpha value is -2.88. The summed E-state index contributed by atoms with van der Waals surface area (Å²) < 4.78 is 17.2. The van der Waals surface area contributed by atoms with Crippen LogP contribution in [0, 0.1) is 23.7 Å². The molecule has 0 saturated carbocycles. The highest BCUT2D eigenvalue weighted by atomic mass is 16.5. The van der Waals surface area contributed by atoms with Crippen LogP contribution >= 0.6 is 0 Å². The maximum atomic E-state index is 10.4. The van der Waals surface area contributed by atoms with Gasteiger partial charge in [-0.2, -0.15) is 0 Å². The summed E-state index contributed by atoms with van der Waals surface area (Å²) in [4.78, 5) is 0. The molecule has 0 aliphatic carbocycles. The SMILES string of the molecule is OCC[C@H]1O[C@H](C#Cc2ccc3c(c2)CCCCCOCc2cc(C#C[C@H]4O[C@H](CO)[C@@H](O)[C@H](O)[C@@H]4O)ccc2-3)[C@@H](O)[C@@H](O)[C@@H]1O. The molecule has 3 heterocycles. The van der Waals surface area contributed by atoms with Crippen molar-refractivity contribution in [1.29, 1.82) is 0 Å². The molecular weight excluding hydrogens is 596 g/mol. The van der Waals surface area contributed by atoms with Gasteiger partial charge in [-0.25, -0.2) is 0 Å². The van der Waals surface area contributed by atoms with E-state index in [1.807, 2.05) is 36.4 Å². The van der Waals surface area contributed by atoms with Crippen LogP contribution in [0.4, 0.5) is 0 Å². The smallest absolute Gasteiger partial charge is 0.147 e. The molecule has 0 aromatic heterocycles. The van der Waals surface area contributed by atoms with E-state index in [4.69, 9.17) is 14.2 Å². The van der Waals surface area contributed by atoms with Crippen LogP contribution in [0.15, 0.2) is 36.4 Å². The lowest BCUT2D eigenvalue weighted by Gasteiger charge is -2.38. The van der Waals surface area contributed by atoms with Crippen molar-refractivity contribution >= 4 is 0 Å². The zero-order chi connectivity index (χ0) is 32.8. The van der Waals surface area contributed by atoms with E-state index in [0.29, 0.717) is 24.3 Å². The standard InChI is InChI=1S/C35H42O11/c36-14-13-28-32(40)34(42)30(38)26(45-28)11-7-20-5-9-24-22(16-20)4-2-1-3-15-44-19-23-17-21(6-10-25(23)24)8-12-27-31(39)35(43)33(41)29(18-37)46-27/h5-6,9-10,16-17,26-43H,1-4,13-15,18-19H2/t26-,27-,28-,29-,30-,31-,32-,33-,34-,35-/m1/s1. The number of aryl methyl sites for hydroxylation is 1. The summed E-state index contributed by atoms with van der Waals surface area (Å²) in [6.07, 6.45) is -8.83. The van der Waals surface area contributed by atoms with Gasteiger partial charge in [0.05, 0.1) is 19.3 Å². The summed E-state index contributed by atoms with van der Waals surface area (Å²) in [5.74, 6) is 11.8. The molecule has 248 valence electrons. The summed E-state index contributed by atoms with van der Waals surface area (Å²) in [5, 5.41) is 80.1. The quantitative estimate of drug-likeness (QED) is 0.200. The molecule has 10 atom stereocenters. The molecule has 46 heavy (non-hydrogen) atoms. The summed E-state index contributed by atoms with van der Waals surface area (Å²) in [7, 11) is 0. The molecule has 2 saturated heterocycles. The number of rotatable bonds is 3. The summed E-state index contributed by atoms with van der Waals surface area (Å²) in [6, 6.07) is 11.6. The zero-order valence-corrected chi connectivity index (χ0v) is 25.4. The van der Waals surface area contributed by atoms with Crippen LogP contribution in [0.5, 0.6) is 0 Å². The van der Waals surface area contributed by atoms with Gasteiger partial charge in [-0.15, -0.1) is 0 Å². The second kappa shape index (κ2) is 15.8. The van der Waals surface area contributed by atoms with Crippen molar-refractivity contribution in [2.75, 3.05) is 19.8 Å². The Labute approximate surface area is 268 Å². The third kappa shape index (κ3) is 7.80. The maximum Gasteiger partial charge on any atom is 0.147 e. The average molecular weight is 639 g/mol. The Morgan fingerprint density at radius 2 is 1.20 bits per heavy atom. The van der Waals surface area contributed by atoms with Gasteiger partial charge in [-0.05, 0) is 72.2 Å². The highest BCUT2D eigenvalue weighted by Crippen LogP contribution is 2.32. The lowest BCUT2D eigenvalue weighted by atomic mass is 9.90. The third-order valence-corrected chi connectivity index (χ3v) is 8.73. The third-order valence-electron chi connectivity index (χ3n) is 8.73. The number of benzene rings is 2. The zero-order valence-electron chi connectivity index (χ0n) is 25.4. The van der Waals surface area contributed by atoms with Gasteiger partial charge in [0.2, 0.25) is 0 Å². The first-order chi connectivity index (χ1) is 22.2. The van der Waals surface area contributed by atoms with E-state index >= 15 is 0 Å². The Kier molecular flexibility index (Phi) is 11.8. The monoisotopic (exact) mass is 638 g/mol. The van der Waals surface area contributed by atoms with Crippen LogP contribution < -0.4 is 0 Å². The molecule has 0 unspecified atom stereocenters. The summed E-state index contributed by atoms with van der Waals surface area (Å²) in [6.45, 7) is 0.190. The number of hydrogen-bond acceptors (Lipinski definition) is 11. The first kappa shape index (κ1) is 34.5. The van der Waals surface area contributed by atoms with Crippen LogP contribution in [-0.2, 0) is 27.2 Å². The van der Waals surface area contributed by atoms with Crippen molar-refractivity contribution in [1.82, 2.24) is 0 Å². The van der Waals surface area contributed by atoms with Crippen LogP contribution in [0.1, 0.15) is 47.9 Å². The first-order valence-corrected chi connectivity index (χ1v) is 15.7. The fraction of sp³-hybridized carbons (Fsp3) is 0.543. The van der Waals surface area contributed by atoms with E-state index in [1.54, 1.807) is 0 Å². The predicted octanol–water partition coefficient (Wildman–Crippen LogP) is -0.625. The van der Waals surface area contributed by atoms with Crippen molar-refractivity contribution in [3.05, 3.63) is 58.7 Å². The Balaban J connectivity index is 1.42. The minimum Gasteiger partial charge on any atom is -0.396 e. The van der Waals surface area contributed by atoms with Crippen molar-refractivity contribution in [2.45, 2.75) is 99.8 Å². The van der Waals surface area contributed by atoms with Gasteiger partial charge in [0.15, 0.2) is 0 Å². The Morgan fingerprint density at radius 1 is 0.630 bits per heavy atom. The van der Waals surface area contributed by atoms with Gasteiger partial charge in [-0.3, -0.25) is 0 Å². The van der Waals surface area contributed by atoms with E-state index in [0.717, 1.165) is 47.9 Å². The normalized spacial score (nSPS) is 33.2. The number of hydrogen-bond donors (Lipinski definition) is 8. The molecule has 3 aliphatic rings. The number of aliphatic hydroxyl groups excluding tert-OH is 8. The number of fused-ring (bicyclic) bond motifs is 3. The minimum absolute atomic E-state index is 0.103.